The molecule has 0 bridgehead atoms. The Balaban J connectivity index is 1.62. The zero-order valence-corrected chi connectivity index (χ0v) is 19.8. The number of hydrogen-bond acceptors (Lipinski definition) is 7. The second-order valence-corrected chi connectivity index (χ2v) is 7.85. The molecule has 0 saturated carbocycles. The molecule has 1 fully saturated rings. The van der Waals surface area contributed by atoms with Gasteiger partial charge in [0, 0.05) is 17.7 Å². The quantitative estimate of drug-likeness (QED) is 0.535. The van der Waals surface area contributed by atoms with E-state index >= 15 is 0 Å². The number of nitrogens with zero attached hydrogens (tertiary/aromatic N) is 1. The Morgan fingerprint density at radius 2 is 1.82 bits per heavy atom. The lowest BCUT2D eigenvalue weighted by molar-refractivity contribution is -0.139. The second-order valence-electron chi connectivity index (χ2n) is 7.85. The average molecular weight is 458 g/mol. The molecule has 0 aromatic heterocycles. The lowest BCUT2D eigenvalue weighted by atomic mass is 10.1. The van der Waals surface area contributed by atoms with Crippen LogP contribution >= 0.6 is 0 Å². The molecule has 0 radical (unpaired) electrons. The molecule has 0 N–H and O–H groups in total. The summed E-state index contributed by atoms with van der Waals surface area (Å²) in [4.78, 5) is 26.4. The highest BCUT2D eigenvalue weighted by Gasteiger charge is 2.26. The maximum atomic E-state index is 13.0. The topological polar surface area (TPSA) is 83.5 Å². The first-order valence-corrected chi connectivity index (χ1v) is 10.8. The van der Waals surface area contributed by atoms with Gasteiger partial charge in [-0.1, -0.05) is 6.07 Å². The van der Waals surface area contributed by atoms with Gasteiger partial charge in [0.15, 0.2) is 17.3 Å². The van der Waals surface area contributed by atoms with E-state index in [0.29, 0.717) is 54.9 Å². The lowest BCUT2D eigenvalue weighted by Crippen LogP contribution is -2.48. The van der Waals surface area contributed by atoms with E-state index in [1.807, 2.05) is 19.1 Å². The molecule has 1 aliphatic rings. The molecule has 1 unspecified atom stereocenters. The molecule has 2 aromatic carbocycles. The van der Waals surface area contributed by atoms with E-state index < -0.39 is 0 Å². The van der Waals surface area contributed by atoms with Gasteiger partial charge in [-0.2, -0.15) is 0 Å². The van der Waals surface area contributed by atoms with Crippen molar-refractivity contribution in [3.63, 3.8) is 0 Å². The fourth-order valence-electron chi connectivity index (χ4n) is 3.93. The Morgan fingerprint density at radius 1 is 1.06 bits per heavy atom. The van der Waals surface area contributed by atoms with Crippen molar-refractivity contribution < 1.29 is 33.3 Å². The molecule has 1 amide bonds. The zero-order chi connectivity index (χ0) is 24.0. The molecule has 178 valence electrons. The Morgan fingerprint density at radius 3 is 2.45 bits per heavy atom. The SMILES string of the molecule is COc1ccc(CC(=O)N2CCOC(COc3ccc(C(C)=O)c(C)c3)C2)c(OC)c1OC. The predicted octanol–water partition coefficient (Wildman–Crippen LogP) is 3.07. The summed E-state index contributed by atoms with van der Waals surface area (Å²) >= 11 is 0. The summed E-state index contributed by atoms with van der Waals surface area (Å²) in [6.45, 7) is 5.11. The largest absolute Gasteiger partial charge is 0.493 e. The number of hydrogen-bond donors (Lipinski definition) is 0. The van der Waals surface area contributed by atoms with E-state index in [2.05, 4.69) is 0 Å². The number of Topliss-reactive ketones (excluding diaryl/α,β-unsaturated/α-hetero) is 1. The van der Waals surface area contributed by atoms with Crippen molar-refractivity contribution in [1.29, 1.82) is 0 Å². The number of benzene rings is 2. The average Bonchev–Trinajstić information content (AvgIpc) is 2.82. The summed E-state index contributed by atoms with van der Waals surface area (Å²) in [6, 6.07) is 8.96. The lowest BCUT2D eigenvalue weighted by Gasteiger charge is -2.33. The standard InChI is InChI=1S/C25H31NO7/c1-16-12-19(7-8-21(16)17(2)27)33-15-20-14-26(10-11-32-20)23(28)13-18-6-9-22(29-3)25(31-5)24(18)30-4/h6-9,12,20H,10-11,13-15H2,1-5H3. The number of ketones is 1. The third-order valence-corrected chi connectivity index (χ3v) is 5.63. The van der Waals surface area contributed by atoms with E-state index in [1.54, 1.807) is 37.1 Å². The van der Waals surface area contributed by atoms with Gasteiger partial charge in [-0.05, 0) is 43.7 Å². The van der Waals surface area contributed by atoms with Crippen molar-refractivity contribution in [2.75, 3.05) is 47.6 Å². The van der Waals surface area contributed by atoms with Crippen LogP contribution in [0.4, 0.5) is 0 Å². The smallest absolute Gasteiger partial charge is 0.227 e. The molecule has 8 heteroatoms. The van der Waals surface area contributed by atoms with Crippen molar-refractivity contribution in [3.05, 3.63) is 47.0 Å². The fourth-order valence-corrected chi connectivity index (χ4v) is 3.93. The van der Waals surface area contributed by atoms with Crippen LogP contribution < -0.4 is 18.9 Å². The summed E-state index contributed by atoms with van der Waals surface area (Å²) in [6.07, 6.45) is -0.0780. The highest BCUT2D eigenvalue weighted by molar-refractivity contribution is 5.95. The Hall–Kier alpha value is -3.26. The molecule has 0 spiro atoms. The molecular weight excluding hydrogens is 426 g/mol. The van der Waals surface area contributed by atoms with Crippen LogP contribution in [0.15, 0.2) is 30.3 Å². The molecule has 1 aliphatic heterocycles. The molecule has 1 saturated heterocycles. The van der Waals surface area contributed by atoms with Gasteiger partial charge in [0.05, 0.1) is 40.9 Å². The summed E-state index contributed by atoms with van der Waals surface area (Å²) in [5.41, 5.74) is 2.27. The number of carbonyl (C=O) groups is 2. The Kier molecular flexibility index (Phi) is 8.16. The minimum absolute atomic E-state index is 0.0231. The van der Waals surface area contributed by atoms with Crippen LogP contribution in [0.5, 0.6) is 23.0 Å². The normalized spacial score (nSPS) is 15.7. The van der Waals surface area contributed by atoms with Gasteiger partial charge < -0.3 is 28.6 Å². The van der Waals surface area contributed by atoms with Gasteiger partial charge in [0.2, 0.25) is 11.7 Å². The predicted molar refractivity (Wildman–Crippen MR) is 123 cm³/mol. The molecular formula is C25H31NO7. The number of rotatable bonds is 9. The van der Waals surface area contributed by atoms with E-state index in [1.165, 1.54) is 14.2 Å². The van der Waals surface area contributed by atoms with E-state index in [-0.39, 0.29) is 24.2 Å². The summed E-state index contributed by atoms with van der Waals surface area (Å²) in [5, 5.41) is 0. The minimum Gasteiger partial charge on any atom is -0.493 e. The highest BCUT2D eigenvalue weighted by Crippen LogP contribution is 2.40. The first-order chi connectivity index (χ1) is 15.9. The monoisotopic (exact) mass is 457 g/mol. The van der Waals surface area contributed by atoms with Gasteiger partial charge in [-0.25, -0.2) is 0 Å². The third-order valence-electron chi connectivity index (χ3n) is 5.63. The van der Waals surface area contributed by atoms with Crippen LogP contribution in [0, 0.1) is 6.92 Å². The Labute approximate surface area is 194 Å². The van der Waals surface area contributed by atoms with Gasteiger partial charge >= 0.3 is 0 Å². The Bertz CT molecular complexity index is 1000. The molecule has 33 heavy (non-hydrogen) atoms. The summed E-state index contributed by atoms with van der Waals surface area (Å²) < 4.78 is 27.9. The number of methoxy groups -OCH3 is 3. The van der Waals surface area contributed by atoms with Crippen LogP contribution in [0.3, 0.4) is 0 Å². The van der Waals surface area contributed by atoms with E-state index in [9.17, 15) is 9.59 Å². The van der Waals surface area contributed by atoms with Gasteiger partial charge in [-0.15, -0.1) is 0 Å². The first-order valence-electron chi connectivity index (χ1n) is 10.8. The van der Waals surface area contributed by atoms with Gasteiger partial charge in [-0.3, -0.25) is 9.59 Å². The zero-order valence-electron chi connectivity index (χ0n) is 19.8. The van der Waals surface area contributed by atoms with Crippen LogP contribution in [-0.2, 0) is 16.0 Å². The fraction of sp³-hybridized carbons (Fsp3) is 0.440. The van der Waals surface area contributed by atoms with Crippen LogP contribution in [0.25, 0.3) is 0 Å². The summed E-state index contributed by atoms with van der Waals surface area (Å²) in [7, 11) is 4.63. The van der Waals surface area contributed by atoms with Crippen LogP contribution in [0.2, 0.25) is 0 Å². The van der Waals surface area contributed by atoms with Gasteiger partial charge in [0.25, 0.3) is 0 Å². The van der Waals surface area contributed by atoms with Crippen molar-refractivity contribution in [1.82, 2.24) is 4.90 Å². The molecule has 2 aromatic rings. The van der Waals surface area contributed by atoms with E-state index in [4.69, 9.17) is 23.7 Å². The number of carbonyl (C=O) groups excluding carboxylic acids is 2. The van der Waals surface area contributed by atoms with Crippen LogP contribution in [0.1, 0.15) is 28.4 Å². The summed E-state index contributed by atoms with van der Waals surface area (Å²) in [5.74, 6) is 2.15. The molecule has 8 nitrogen and oxygen atoms in total. The number of ether oxygens (including phenoxy) is 5. The molecule has 1 heterocycles. The third kappa shape index (κ3) is 5.76. The number of amides is 1. The van der Waals surface area contributed by atoms with Crippen molar-refractivity contribution >= 4 is 11.7 Å². The maximum absolute atomic E-state index is 13.0. The molecule has 0 aliphatic carbocycles. The highest BCUT2D eigenvalue weighted by atomic mass is 16.5. The minimum atomic E-state index is -0.247. The number of morpholine rings is 1. The van der Waals surface area contributed by atoms with Crippen molar-refractivity contribution in [3.8, 4) is 23.0 Å². The number of aryl methyl sites for hydroxylation is 1. The first kappa shape index (κ1) is 24.4. The van der Waals surface area contributed by atoms with Crippen molar-refractivity contribution in [2.45, 2.75) is 26.4 Å². The van der Waals surface area contributed by atoms with Gasteiger partial charge in [0.1, 0.15) is 18.5 Å². The maximum Gasteiger partial charge on any atom is 0.227 e. The molecule has 1 atom stereocenters. The second kappa shape index (κ2) is 11.0. The van der Waals surface area contributed by atoms with E-state index in [0.717, 1.165) is 11.1 Å². The van der Waals surface area contributed by atoms with Crippen LogP contribution in [-0.4, -0.2) is 70.3 Å². The van der Waals surface area contributed by atoms with Crippen molar-refractivity contribution in [2.24, 2.45) is 0 Å². The molecule has 3 rings (SSSR count).